The maximum absolute atomic E-state index is 14.3. The van der Waals surface area contributed by atoms with Crippen molar-refractivity contribution in [2.75, 3.05) is 14.2 Å². The average Bonchev–Trinajstić information content (AvgIpc) is 3.93. The van der Waals surface area contributed by atoms with Crippen LogP contribution < -0.4 is 20.1 Å². The van der Waals surface area contributed by atoms with Crippen molar-refractivity contribution in [3.8, 4) is 45.1 Å². The topological polar surface area (TPSA) is 193 Å². The van der Waals surface area contributed by atoms with Gasteiger partial charge in [-0.15, -0.1) is 0 Å². The third-order valence-corrected chi connectivity index (χ3v) is 14.1. The summed E-state index contributed by atoms with van der Waals surface area (Å²) in [4.78, 5) is 73.8. The third-order valence-electron chi connectivity index (χ3n) is 14.1. The molecule has 6 aliphatic rings. The number of likely N-dealkylation sites (tertiary alicyclic amines) is 2. The predicted molar refractivity (Wildman–Crippen MR) is 245 cm³/mol. The van der Waals surface area contributed by atoms with Gasteiger partial charge in [0, 0.05) is 45.5 Å². The van der Waals surface area contributed by atoms with Gasteiger partial charge in [0.25, 0.3) is 11.8 Å². The molecule has 4 aliphatic heterocycles. The molecule has 2 saturated heterocycles. The molecule has 4 N–H and O–H groups in total. The lowest BCUT2D eigenvalue weighted by molar-refractivity contribution is -0.136. The smallest absolute Gasteiger partial charge is 0.407 e. The molecule has 5 aromatic rings. The van der Waals surface area contributed by atoms with E-state index in [9.17, 15) is 19.2 Å². The third kappa shape index (κ3) is 7.49. The van der Waals surface area contributed by atoms with E-state index < -0.39 is 24.3 Å². The van der Waals surface area contributed by atoms with E-state index in [1.54, 1.807) is 24.5 Å². The van der Waals surface area contributed by atoms with Crippen molar-refractivity contribution in [3.63, 3.8) is 0 Å². The van der Waals surface area contributed by atoms with Gasteiger partial charge in [-0.3, -0.25) is 9.59 Å². The summed E-state index contributed by atoms with van der Waals surface area (Å²) in [5, 5.41) is 5.46. The van der Waals surface area contributed by atoms with E-state index in [0.717, 1.165) is 82.0 Å². The Balaban J connectivity index is 0.831. The van der Waals surface area contributed by atoms with Gasteiger partial charge in [0.05, 0.1) is 50.1 Å². The fourth-order valence-corrected chi connectivity index (χ4v) is 10.6. The first kappa shape index (κ1) is 42.0. The molecule has 4 fully saturated rings. The van der Waals surface area contributed by atoms with Crippen molar-refractivity contribution in [1.82, 2.24) is 40.4 Å². The number of ether oxygens (including phenoxy) is 4. The first-order chi connectivity index (χ1) is 32.6. The van der Waals surface area contributed by atoms with Gasteiger partial charge >= 0.3 is 12.2 Å². The van der Waals surface area contributed by atoms with Crippen LogP contribution in [0, 0.1) is 11.8 Å². The largest absolute Gasteiger partial charge is 0.488 e. The highest BCUT2D eigenvalue weighted by Crippen LogP contribution is 2.56. The fourth-order valence-electron chi connectivity index (χ4n) is 10.6. The number of H-pyrrole nitrogens is 2. The Morgan fingerprint density at radius 3 is 1.82 bits per heavy atom. The molecule has 4 amide bonds. The van der Waals surface area contributed by atoms with E-state index in [0.29, 0.717) is 47.8 Å². The number of piperidine rings is 2. The maximum atomic E-state index is 14.3. The number of carbonyl (C=O) groups excluding carboxylic acids is 4. The van der Waals surface area contributed by atoms with Crippen molar-refractivity contribution in [2.45, 2.75) is 82.1 Å². The Kier molecular flexibility index (Phi) is 10.5. The van der Waals surface area contributed by atoms with Gasteiger partial charge in [0.1, 0.15) is 48.4 Å². The summed E-state index contributed by atoms with van der Waals surface area (Å²) in [6.45, 7) is 6.65. The Hall–Kier alpha value is -7.62. The van der Waals surface area contributed by atoms with Crippen LogP contribution in [-0.2, 0) is 32.3 Å². The van der Waals surface area contributed by atoms with Gasteiger partial charge < -0.3 is 49.3 Å². The molecule has 3 aromatic carbocycles. The van der Waals surface area contributed by atoms with Crippen molar-refractivity contribution >= 4 is 24.0 Å². The molecule has 6 heterocycles. The zero-order chi connectivity index (χ0) is 46.1. The van der Waals surface area contributed by atoms with Gasteiger partial charge in [-0.25, -0.2) is 19.6 Å². The molecule has 67 heavy (non-hydrogen) atoms. The van der Waals surface area contributed by atoms with Crippen molar-refractivity contribution in [3.05, 3.63) is 132 Å². The molecule has 342 valence electrons. The number of rotatable bonds is 12. The van der Waals surface area contributed by atoms with Crippen LogP contribution in [0.2, 0.25) is 0 Å². The molecule has 0 bridgehead atoms. The zero-order valence-electron chi connectivity index (χ0n) is 37.3. The SMILES string of the molecule is C=C(/C=C\C=C/C)[C@@H](NC(=O)OC)C(=O)N1[C@@H]2C[C@@H]2C[C@H]1c1ncc(-c2cc3c4c(c2)OCc2cc(-c5cnc([C@@H]6C[C@H]7C[C@H]7N6C(=O)[C@H](NC(=O)OC)c6ccccc6)[nH]5)cc(c2-4)OC3)[nH]1. The van der Waals surface area contributed by atoms with Crippen molar-refractivity contribution in [2.24, 2.45) is 11.8 Å². The van der Waals surface area contributed by atoms with Crippen LogP contribution in [0.4, 0.5) is 9.59 Å². The number of nitrogens with zero attached hydrogens (tertiary/aromatic N) is 4. The molecule has 2 saturated carbocycles. The lowest BCUT2D eigenvalue weighted by atomic mass is 9.87. The number of imidazole rings is 2. The van der Waals surface area contributed by atoms with Crippen LogP contribution in [0.3, 0.4) is 0 Å². The molecule has 0 radical (unpaired) electrons. The number of hydrogen-bond donors (Lipinski definition) is 4. The summed E-state index contributed by atoms with van der Waals surface area (Å²) in [6, 6.07) is 15.1. The number of fused-ring (bicyclic) bond motifs is 2. The van der Waals surface area contributed by atoms with E-state index in [1.165, 1.54) is 14.2 Å². The van der Waals surface area contributed by atoms with E-state index >= 15 is 0 Å². The number of benzene rings is 3. The number of carbonyl (C=O) groups is 4. The highest BCUT2D eigenvalue weighted by atomic mass is 16.5. The Morgan fingerprint density at radius 2 is 1.28 bits per heavy atom. The first-order valence-corrected chi connectivity index (χ1v) is 22.7. The molecular weight excluding hydrogens is 853 g/mol. The highest BCUT2D eigenvalue weighted by molar-refractivity contribution is 5.91. The van der Waals surface area contributed by atoms with Crippen LogP contribution >= 0.6 is 0 Å². The van der Waals surface area contributed by atoms with E-state index in [-0.39, 0.29) is 36.0 Å². The van der Waals surface area contributed by atoms with Gasteiger partial charge in [-0.2, -0.15) is 0 Å². The van der Waals surface area contributed by atoms with Crippen LogP contribution in [0.1, 0.15) is 79.1 Å². The first-order valence-electron chi connectivity index (χ1n) is 22.7. The minimum absolute atomic E-state index is 0.0550. The lowest BCUT2D eigenvalue weighted by Gasteiger charge is -2.31. The molecule has 2 aliphatic carbocycles. The van der Waals surface area contributed by atoms with Gasteiger partial charge in [0.15, 0.2) is 0 Å². The second kappa shape index (κ2) is 16.7. The summed E-state index contributed by atoms with van der Waals surface area (Å²) < 4.78 is 22.8. The number of nitrogens with one attached hydrogen (secondary N) is 4. The molecule has 0 spiro atoms. The summed E-state index contributed by atoms with van der Waals surface area (Å²) in [7, 11) is 2.55. The van der Waals surface area contributed by atoms with Crippen molar-refractivity contribution < 1.29 is 38.1 Å². The minimum Gasteiger partial charge on any atom is -0.488 e. The number of amides is 4. The molecule has 16 nitrogen and oxygen atoms in total. The zero-order valence-corrected chi connectivity index (χ0v) is 37.3. The van der Waals surface area contributed by atoms with Crippen LogP contribution in [-0.4, -0.2) is 86.1 Å². The Bertz CT molecular complexity index is 2850. The average molecular weight is 903 g/mol. The van der Waals surface area contributed by atoms with Crippen LogP contribution in [0.25, 0.3) is 33.6 Å². The second-order valence-corrected chi connectivity index (χ2v) is 18.1. The molecule has 11 rings (SSSR count). The number of aromatic amines is 2. The van der Waals surface area contributed by atoms with E-state index in [4.69, 9.17) is 28.9 Å². The van der Waals surface area contributed by atoms with Crippen LogP contribution in [0.5, 0.6) is 11.5 Å². The molecule has 16 heteroatoms. The van der Waals surface area contributed by atoms with E-state index in [2.05, 4.69) is 39.3 Å². The normalized spacial score (nSPS) is 23.3. The number of methoxy groups -OCH3 is 2. The fraction of sp³-hybridized carbons (Fsp3) is 0.333. The summed E-state index contributed by atoms with van der Waals surface area (Å²) in [5.74, 6) is 3.13. The minimum atomic E-state index is -1.000. The van der Waals surface area contributed by atoms with E-state index in [1.807, 2.05) is 71.3 Å². The highest BCUT2D eigenvalue weighted by Gasteiger charge is 2.57. The summed E-state index contributed by atoms with van der Waals surface area (Å²) in [6.07, 6.45) is 12.8. The quantitative estimate of drug-likeness (QED) is 0.0900. The van der Waals surface area contributed by atoms with Gasteiger partial charge in [0.2, 0.25) is 0 Å². The lowest BCUT2D eigenvalue weighted by Crippen LogP contribution is -2.50. The summed E-state index contributed by atoms with van der Waals surface area (Å²) in [5.41, 5.74) is 8.43. The van der Waals surface area contributed by atoms with Crippen LogP contribution in [0.15, 0.2) is 103 Å². The molecule has 2 aromatic heterocycles. The predicted octanol–water partition coefficient (Wildman–Crippen LogP) is 7.75. The molecular formula is C51H50N8O8. The monoisotopic (exact) mass is 902 g/mol. The number of aromatic nitrogens is 4. The maximum Gasteiger partial charge on any atom is 0.407 e. The summed E-state index contributed by atoms with van der Waals surface area (Å²) >= 11 is 0. The Morgan fingerprint density at radius 1 is 0.746 bits per heavy atom. The second-order valence-electron chi connectivity index (χ2n) is 18.1. The number of allylic oxidation sites excluding steroid dienone is 3. The van der Waals surface area contributed by atoms with Crippen molar-refractivity contribution in [1.29, 1.82) is 0 Å². The van der Waals surface area contributed by atoms with Gasteiger partial charge in [-0.05, 0) is 79.8 Å². The number of alkyl carbamates (subject to hydrolysis) is 2. The Labute approximate surface area is 386 Å². The standard InChI is InChI=1S/C51H50N8O8/c1-5-6-8-11-26(2)44(56-50(62)64-3)48(60)58-36-16-30(36)18-38(58)46-52-22-34(54-46)28-14-32-24-67-41-21-29(15-33-25-66-40(20-28)42(32)43(33)41)35-23-53-47(55-35)39-19-31-17-37(31)59(39)49(61)45(57-51(63)65-4)27-12-9-7-10-13-27/h5-15,20-23,30-31,36-39,44-45H,2,16-19,24-25H2,1,3-4H3,(H,52,54)(H,53,55)(H,56,62)(H,57,63)/b6-5-,11-8-/t30-,31-,36-,37-,38+,39+,44-,45-/m1/s1. The van der Waals surface area contributed by atoms with Gasteiger partial charge in [-0.1, -0.05) is 61.2 Å². The molecule has 0 unspecified atom stereocenters. The molecule has 8 atom stereocenters. The number of hydrogen-bond acceptors (Lipinski definition) is 10.